The van der Waals surface area contributed by atoms with Gasteiger partial charge in [-0.1, -0.05) is 58.0 Å². The van der Waals surface area contributed by atoms with E-state index in [0.29, 0.717) is 0 Å². The lowest BCUT2D eigenvalue weighted by Crippen LogP contribution is -2.24. The lowest BCUT2D eigenvalue weighted by Gasteiger charge is -2.19. The number of hydrogen-bond donors (Lipinski definition) is 1. The minimum atomic E-state index is -1.25. The van der Waals surface area contributed by atoms with Gasteiger partial charge in [0.1, 0.15) is 0 Å². The van der Waals surface area contributed by atoms with Crippen molar-refractivity contribution < 1.29 is 9.90 Å². The van der Waals surface area contributed by atoms with Gasteiger partial charge >= 0.3 is 6.09 Å². The smallest absolute Gasteiger partial charge is 0.411 e. The van der Waals surface area contributed by atoms with Crippen LogP contribution in [0.2, 0.25) is 25.1 Å². The van der Waals surface area contributed by atoms with Gasteiger partial charge in [-0.2, -0.15) is 0 Å². The van der Waals surface area contributed by atoms with Crippen LogP contribution in [0.1, 0.15) is 0 Å². The first kappa shape index (κ1) is 14.0. The highest BCUT2D eigenvalue weighted by Crippen LogP contribution is 2.47. The van der Waals surface area contributed by atoms with Crippen molar-refractivity contribution in [1.82, 2.24) is 0 Å². The standard InChI is InChI=1S/C8H4Cl5NO2/c1-14(8(15)16)7-5(12)3(10)2(9)4(11)6(7)13/h1H3,(H,15,16). The normalized spacial score (nSPS) is 10.4. The molecule has 3 nitrogen and oxygen atoms in total. The van der Waals surface area contributed by atoms with E-state index in [0.717, 1.165) is 4.90 Å². The summed E-state index contributed by atoms with van der Waals surface area (Å²) in [6.07, 6.45) is -1.25. The van der Waals surface area contributed by atoms with Crippen molar-refractivity contribution in [1.29, 1.82) is 0 Å². The van der Waals surface area contributed by atoms with E-state index in [4.69, 9.17) is 63.1 Å². The van der Waals surface area contributed by atoms with E-state index in [1.54, 1.807) is 0 Å². The van der Waals surface area contributed by atoms with Crippen molar-refractivity contribution in [3.8, 4) is 0 Å². The highest BCUT2D eigenvalue weighted by Gasteiger charge is 2.24. The fraction of sp³-hybridized carbons (Fsp3) is 0.125. The van der Waals surface area contributed by atoms with Crippen molar-refractivity contribution >= 4 is 69.8 Å². The Morgan fingerprint density at radius 3 is 1.56 bits per heavy atom. The Morgan fingerprint density at radius 2 is 1.25 bits per heavy atom. The Bertz CT molecular complexity index is 433. The van der Waals surface area contributed by atoms with Crippen molar-refractivity contribution in [2.75, 3.05) is 11.9 Å². The van der Waals surface area contributed by atoms with Crippen LogP contribution in [0.4, 0.5) is 10.5 Å². The van der Waals surface area contributed by atoms with Crippen LogP contribution in [0.5, 0.6) is 0 Å². The molecule has 1 aromatic rings. The summed E-state index contributed by atoms with van der Waals surface area (Å²) in [5, 5.41) is 8.60. The summed E-state index contributed by atoms with van der Waals surface area (Å²) in [6, 6.07) is 0. The first-order valence-corrected chi connectivity index (χ1v) is 5.66. The molecule has 0 spiro atoms. The van der Waals surface area contributed by atoms with Gasteiger partial charge in [0.05, 0.1) is 30.8 Å². The Kier molecular flexibility index (Phi) is 4.43. The van der Waals surface area contributed by atoms with E-state index in [1.165, 1.54) is 7.05 Å². The van der Waals surface area contributed by atoms with E-state index in [1.807, 2.05) is 0 Å². The molecule has 0 aliphatic heterocycles. The predicted molar refractivity (Wildman–Crippen MR) is 67.9 cm³/mol. The second-order valence-corrected chi connectivity index (χ2v) is 4.65. The van der Waals surface area contributed by atoms with E-state index < -0.39 is 6.09 Å². The maximum absolute atomic E-state index is 10.8. The van der Waals surface area contributed by atoms with Crippen LogP contribution in [0.25, 0.3) is 0 Å². The fourth-order valence-corrected chi connectivity index (χ4v) is 2.37. The van der Waals surface area contributed by atoms with Crippen molar-refractivity contribution in [2.45, 2.75) is 0 Å². The average molecular weight is 323 g/mol. The molecule has 8 heteroatoms. The second kappa shape index (κ2) is 5.07. The molecule has 0 heterocycles. The zero-order valence-electron chi connectivity index (χ0n) is 7.69. The molecular formula is C8H4Cl5NO2. The maximum Gasteiger partial charge on any atom is 0.411 e. The minimum Gasteiger partial charge on any atom is -0.465 e. The molecule has 1 aromatic carbocycles. The number of carbonyl (C=O) groups is 1. The number of anilines is 1. The molecule has 1 amide bonds. The van der Waals surface area contributed by atoms with Crippen LogP contribution in [0, 0.1) is 0 Å². The number of amides is 1. The maximum atomic E-state index is 10.8. The molecule has 0 fully saturated rings. The zero-order chi connectivity index (χ0) is 12.6. The average Bonchev–Trinajstić information content (AvgIpc) is 2.23. The van der Waals surface area contributed by atoms with Gasteiger partial charge in [0.15, 0.2) is 0 Å². The summed E-state index contributed by atoms with van der Waals surface area (Å²) in [5.74, 6) is 0. The second-order valence-electron chi connectivity index (χ2n) is 2.76. The molecule has 0 bridgehead atoms. The Labute approximate surface area is 116 Å². The molecule has 0 radical (unpaired) electrons. The first-order valence-electron chi connectivity index (χ1n) is 3.77. The molecule has 0 saturated carbocycles. The van der Waals surface area contributed by atoms with Gasteiger partial charge in [0.25, 0.3) is 0 Å². The molecule has 0 atom stereocenters. The van der Waals surface area contributed by atoms with E-state index >= 15 is 0 Å². The van der Waals surface area contributed by atoms with E-state index in [-0.39, 0.29) is 30.8 Å². The number of benzene rings is 1. The Balaban J connectivity index is 3.57. The Morgan fingerprint density at radius 1 is 0.938 bits per heavy atom. The van der Waals surface area contributed by atoms with Gasteiger partial charge in [-0.15, -0.1) is 0 Å². The number of carboxylic acid groups (broad SMARTS) is 1. The number of rotatable bonds is 1. The summed E-state index contributed by atoms with van der Waals surface area (Å²) in [4.78, 5) is 11.6. The van der Waals surface area contributed by atoms with Gasteiger partial charge in [-0.25, -0.2) is 4.79 Å². The van der Waals surface area contributed by atoms with Gasteiger partial charge in [-0.3, -0.25) is 4.90 Å². The fourth-order valence-electron chi connectivity index (χ4n) is 0.983. The lowest BCUT2D eigenvalue weighted by molar-refractivity contribution is 0.203. The highest BCUT2D eigenvalue weighted by atomic mass is 35.5. The van der Waals surface area contributed by atoms with Crippen LogP contribution in [-0.2, 0) is 0 Å². The van der Waals surface area contributed by atoms with Gasteiger partial charge in [0.2, 0.25) is 0 Å². The molecule has 0 saturated heterocycles. The molecule has 16 heavy (non-hydrogen) atoms. The van der Waals surface area contributed by atoms with Crippen molar-refractivity contribution in [3.05, 3.63) is 25.1 Å². The molecule has 1 rings (SSSR count). The largest absolute Gasteiger partial charge is 0.465 e. The lowest BCUT2D eigenvalue weighted by atomic mass is 10.3. The molecule has 0 unspecified atom stereocenters. The summed E-state index contributed by atoms with van der Waals surface area (Å²) < 4.78 is 0. The summed E-state index contributed by atoms with van der Waals surface area (Å²) in [5.41, 5.74) is -0.00441. The molecular weight excluding hydrogens is 319 g/mol. The predicted octanol–water partition coefficient (Wildman–Crippen LogP) is 5.07. The highest BCUT2D eigenvalue weighted by molar-refractivity contribution is 6.56. The van der Waals surface area contributed by atoms with Crippen LogP contribution < -0.4 is 4.90 Å². The molecule has 1 N–H and O–H groups in total. The Hall–Kier alpha value is -0.0600. The summed E-state index contributed by atoms with van der Waals surface area (Å²) >= 11 is 29.0. The number of halogens is 5. The van der Waals surface area contributed by atoms with Crippen LogP contribution >= 0.6 is 58.0 Å². The SMILES string of the molecule is CN(C(=O)O)c1c(Cl)c(Cl)c(Cl)c(Cl)c1Cl. The van der Waals surface area contributed by atoms with Crippen LogP contribution in [0.3, 0.4) is 0 Å². The third-order valence-corrected chi connectivity index (χ3v) is 4.07. The monoisotopic (exact) mass is 321 g/mol. The van der Waals surface area contributed by atoms with E-state index in [2.05, 4.69) is 0 Å². The number of nitrogens with zero attached hydrogens (tertiary/aromatic N) is 1. The van der Waals surface area contributed by atoms with Crippen molar-refractivity contribution in [2.24, 2.45) is 0 Å². The molecule has 88 valence electrons. The van der Waals surface area contributed by atoms with Crippen molar-refractivity contribution in [3.63, 3.8) is 0 Å². The van der Waals surface area contributed by atoms with E-state index in [9.17, 15) is 4.79 Å². The van der Waals surface area contributed by atoms with Crippen LogP contribution in [-0.4, -0.2) is 18.2 Å². The third-order valence-electron chi connectivity index (χ3n) is 1.81. The summed E-state index contributed by atoms with van der Waals surface area (Å²) in [7, 11) is 1.26. The third kappa shape index (κ3) is 2.29. The molecule has 0 aliphatic rings. The molecule has 0 aliphatic carbocycles. The quantitative estimate of drug-likeness (QED) is 0.579. The van der Waals surface area contributed by atoms with Gasteiger partial charge in [-0.05, 0) is 0 Å². The summed E-state index contributed by atoms with van der Waals surface area (Å²) in [6.45, 7) is 0. The molecule has 0 aromatic heterocycles. The van der Waals surface area contributed by atoms with Crippen LogP contribution in [0.15, 0.2) is 0 Å². The van der Waals surface area contributed by atoms with Gasteiger partial charge < -0.3 is 5.11 Å². The number of hydrogen-bond acceptors (Lipinski definition) is 1. The zero-order valence-corrected chi connectivity index (χ0v) is 11.5. The topological polar surface area (TPSA) is 40.5 Å². The first-order chi connectivity index (χ1) is 7.29. The van der Waals surface area contributed by atoms with Gasteiger partial charge in [0, 0.05) is 7.05 Å². The minimum absolute atomic E-state index is 0.00441.